The number of benzene rings is 1. The number of amides is 3. The minimum atomic E-state index is -0.756. The number of carbonyl (C=O) groups excluding carboxylic acids is 3. The lowest BCUT2D eigenvalue weighted by Gasteiger charge is -2.47. The number of urea groups is 1. The van der Waals surface area contributed by atoms with Gasteiger partial charge in [0.05, 0.1) is 6.04 Å². The molecule has 1 atom stereocenters. The van der Waals surface area contributed by atoms with E-state index in [1.54, 1.807) is 21.0 Å². The summed E-state index contributed by atoms with van der Waals surface area (Å²) in [5.41, 5.74) is -0.485. The van der Waals surface area contributed by atoms with Crippen molar-refractivity contribution in [3.63, 3.8) is 0 Å². The lowest BCUT2D eigenvalue weighted by Crippen LogP contribution is -2.62. The number of aldehydes is 1. The molecule has 2 N–H and O–H groups in total. The summed E-state index contributed by atoms with van der Waals surface area (Å²) in [6, 6.07) is 1.59. The first-order valence-corrected chi connectivity index (χ1v) is 10.9. The third-order valence-corrected chi connectivity index (χ3v) is 6.70. The molecule has 3 rings (SSSR count). The minimum Gasteiger partial charge on any atom is -0.349 e. The van der Waals surface area contributed by atoms with Gasteiger partial charge in [0.2, 0.25) is 5.91 Å². The summed E-state index contributed by atoms with van der Waals surface area (Å²) in [7, 11) is 3.20. The maximum Gasteiger partial charge on any atom is 0.317 e. The Bertz CT molecular complexity index is 847. The number of hydrogen-bond donors (Lipinski definition) is 2. The van der Waals surface area contributed by atoms with Crippen LogP contribution >= 0.6 is 0 Å². The van der Waals surface area contributed by atoms with E-state index in [2.05, 4.69) is 10.6 Å². The van der Waals surface area contributed by atoms with Crippen LogP contribution in [-0.4, -0.2) is 42.8 Å². The third-order valence-electron chi connectivity index (χ3n) is 6.70. The van der Waals surface area contributed by atoms with Crippen LogP contribution in [0.5, 0.6) is 0 Å². The first kappa shape index (κ1) is 23.2. The molecule has 170 valence electrons. The van der Waals surface area contributed by atoms with Crippen molar-refractivity contribution in [3.05, 3.63) is 34.9 Å². The van der Waals surface area contributed by atoms with Crippen LogP contribution in [-0.2, 0) is 9.59 Å². The van der Waals surface area contributed by atoms with Gasteiger partial charge >= 0.3 is 6.03 Å². The van der Waals surface area contributed by atoms with Crippen LogP contribution in [0.2, 0.25) is 0 Å². The van der Waals surface area contributed by atoms with Gasteiger partial charge in [-0.3, -0.25) is 4.79 Å². The zero-order valence-electron chi connectivity index (χ0n) is 18.3. The van der Waals surface area contributed by atoms with E-state index in [1.807, 2.05) is 0 Å². The molecule has 0 aliphatic heterocycles. The van der Waals surface area contributed by atoms with Crippen LogP contribution < -0.4 is 10.6 Å². The first-order valence-electron chi connectivity index (χ1n) is 10.9. The highest BCUT2D eigenvalue weighted by Crippen LogP contribution is 2.42. The fraction of sp³-hybridized carbons (Fsp3) is 0.609. The molecule has 0 bridgehead atoms. The lowest BCUT2D eigenvalue weighted by atomic mass is 9.66. The maximum atomic E-state index is 14.9. The maximum absolute atomic E-state index is 14.9. The number of carbonyl (C=O) groups is 3. The molecule has 31 heavy (non-hydrogen) atoms. The number of nitrogens with one attached hydrogen (secondary N) is 2. The van der Waals surface area contributed by atoms with Crippen molar-refractivity contribution in [1.82, 2.24) is 15.5 Å². The molecule has 2 aliphatic carbocycles. The van der Waals surface area contributed by atoms with Gasteiger partial charge in [-0.15, -0.1) is 0 Å². The molecule has 2 aliphatic rings. The molecule has 0 radical (unpaired) electrons. The van der Waals surface area contributed by atoms with E-state index >= 15 is 0 Å². The second-order valence-corrected chi connectivity index (χ2v) is 9.20. The van der Waals surface area contributed by atoms with Crippen LogP contribution in [0.25, 0.3) is 0 Å². The van der Waals surface area contributed by atoms with Gasteiger partial charge in [0.15, 0.2) is 0 Å². The quantitative estimate of drug-likeness (QED) is 0.642. The van der Waals surface area contributed by atoms with Gasteiger partial charge in [-0.05, 0) is 50.2 Å². The monoisotopic (exact) mass is 435 g/mol. The number of halogens is 2. The summed E-state index contributed by atoms with van der Waals surface area (Å²) < 4.78 is 29.5. The molecule has 0 spiro atoms. The largest absolute Gasteiger partial charge is 0.349 e. The molecule has 1 aromatic carbocycles. The molecule has 6 nitrogen and oxygen atoms in total. The predicted molar refractivity (Wildman–Crippen MR) is 112 cm³/mol. The van der Waals surface area contributed by atoms with Crippen molar-refractivity contribution < 1.29 is 23.2 Å². The zero-order chi connectivity index (χ0) is 22.8. The Morgan fingerprint density at radius 2 is 1.87 bits per heavy atom. The van der Waals surface area contributed by atoms with Crippen molar-refractivity contribution in [2.75, 3.05) is 14.1 Å². The predicted octanol–water partition coefficient (Wildman–Crippen LogP) is 3.63. The zero-order valence-corrected chi connectivity index (χ0v) is 18.3. The van der Waals surface area contributed by atoms with Crippen molar-refractivity contribution in [3.8, 4) is 0 Å². The van der Waals surface area contributed by atoms with Crippen LogP contribution in [0.3, 0.4) is 0 Å². The van der Waals surface area contributed by atoms with E-state index < -0.39 is 29.1 Å². The highest BCUT2D eigenvalue weighted by molar-refractivity contribution is 5.82. The van der Waals surface area contributed by atoms with E-state index in [0.29, 0.717) is 18.4 Å². The Kier molecular flexibility index (Phi) is 6.96. The topological polar surface area (TPSA) is 78.5 Å². The Morgan fingerprint density at radius 1 is 1.23 bits per heavy atom. The smallest absolute Gasteiger partial charge is 0.317 e. The second-order valence-electron chi connectivity index (χ2n) is 9.20. The first-order chi connectivity index (χ1) is 14.7. The van der Waals surface area contributed by atoms with Crippen LogP contribution in [0.15, 0.2) is 12.1 Å². The van der Waals surface area contributed by atoms with E-state index in [0.717, 1.165) is 32.0 Å². The van der Waals surface area contributed by atoms with Crippen molar-refractivity contribution in [1.29, 1.82) is 0 Å². The number of hydrogen-bond acceptors (Lipinski definition) is 3. The average molecular weight is 436 g/mol. The van der Waals surface area contributed by atoms with Gasteiger partial charge in [0.25, 0.3) is 0 Å². The Morgan fingerprint density at radius 3 is 2.45 bits per heavy atom. The highest BCUT2D eigenvalue weighted by Gasteiger charge is 2.49. The van der Waals surface area contributed by atoms with Crippen LogP contribution in [0.4, 0.5) is 13.6 Å². The molecule has 0 heterocycles. The SMILES string of the molecule is Cc1ccc(F)c(C(NC(=O)C2CC(CC=O)(NC(=O)N(C)C)C2)C2CCCC2)c1F. The third kappa shape index (κ3) is 4.88. The molecular weight excluding hydrogens is 404 g/mol. The van der Waals surface area contributed by atoms with E-state index in [4.69, 9.17) is 0 Å². The summed E-state index contributed by atoms with van der Waals surface area (Å²) >= 11 is 0. The summed E-state index contributed by atoms with van der Waals surface area (Å²) in [5.74, 6) is -2.01. The Balaban J connectivity index is 1.76. The normalized spacial score (nSPS) is 24.2. The summed E-state index contributed by atoms with van der Waals surface area (Å²) in [5, 5.41) is 5.75. The summed E-state index contributed by atoms with van der Waals surface area (Å²) in [6.45, 7) is 1.58. The summed E-state index contributed by atoms with van der Waals surface area (Å²) in [4.78, 5) is 37.6. The van der Waals surface area contributed by atoms with Gasteiger partial charge in [0.1, 0.15) is 17.9 Å². The molecule has 2 saturated carbocycles. The molecule has 0 aromatic heterocycles. The van der Waals surface area contributed by atoms with Gasteiger partial charge in [-0.25, -0.2) is 13.6 Å². The molecule has 2 fully saturated rings. The lowest BCUT2D eigenvalue weighted by molar-refractivity contribution is -0.132. The molecule has 8 heteroatoms. The fourth-order valence-corrected chi connectivity index (χ4v) is 4.84. The molecular formula is C23H31F2N3O3. The molecule has 3 amide bonds. The van der Waals surface area contributed by atoms with Crippen molar-refractivity contribution >= 4 is 18.2 Å². The van der Waals surface area contributed by atoms with Crippen molar-refractivity contribution in [2.45, 2.75) is 63.5 Å². The molecule has 1 unspecified atom stereocenters. The fourth-order valence-electron chi connectivity index (χ4n) is 4.84. The second kappa shape index (κ2) is 9.32. The van der Waals surface area contributed by atoms with Crippen LogP contribution in [0.1, 0.15) is 62.1 Å². The van der Waals surface area contributed by atoms with Gasteiger partial charge in [-0.1, -0.05) is 18.9 Å². The van der Waals surface area contributed by atoms with Gasteiger partial charge in [-0.2, -0.15) is 0 Å². The number of aryl methyl sites for hydroxylation is 1. The standard InChI is InChI=1S/C23H31F2N3O3/c1-14-8-9-17(24)18(19(14)25)20(15-6-4-5-7-15)26-21(30)16-12-23(13-16,10-11-29)27-22(31)28(2)3/h8-9,11,15-16,20H,4-7,10,12-13H2,1-3H3,(H,26,30)(H,27,31). The molecule has 0 saturated heterocycles. The Hall–Kier alpha value is -2.51. The Labute approximate surface area is 181 Å². The van der Waals surface area contributed by atoms with Crippen molar-refractivity contribution in [2.24, 2.45) is 11.8 Å². The average Bonchev–Trinajstić information content (AvgIpc) is 3.22. The number of rotatable bonds is 7. The highest BCUT2D eigenvalue weighted by atomic mass is 19.1. The summed E-state index contributed by atoms with van der Waals surface area (Å²) in [6.07, 6.45) is 5.02. The number of nitrogens with zero attached hydrogens (tertiary/aromatic N) is 1. The van der Waals surface area contributed by atoms with Crippen LogP contribution in [0, 0.1) is 30.4 Å². The minimum absolute atomic E-state index is 0.0250. The van der Waals surface area contributed by atoms with E-state index in [9.17, 15) is 23.2 Å². The van der Waals surface area contributed by atoms with Gasteiger partial charge in [0, 0.05) is 37.5 Å². The molecule has 1 aromatic rings. The van der Waals surface area contributed by atoms with E-state index in [1.165, 1.54) is 17.0 Å². The van der Waals surface area contributed by atoms with Gasteiger partial charge < -0.3 is 20.3 Å². The van der Waals surface area contributed by atoms with E-state index in [-0.39, 0.29) is 29.8 Å².